The van der Waals surface area contributed by atoms with Gasteiger partial charge in [-0.2, -0.15) is 0 Å². The van der Waals surface area contributed by atoms with E-state index >= 15 is 0 Å². The van der Waals surface area contributed by atoms with Crippen LogP contribution in [0, 0.1) is 18.8 Å². The van der Waals surface area contributed by atoms with Crippen LogP contribution in [0.5, 0.6) is 0 Å². The summed E-state index contributed by atoms with van der Waals surface area (Å²) < 4.78 is 0. The first-order chi connectivity index (χ1) is 15.3. The average Bonchev–Trinajstić information content (AvgIpc) is 3.18. The average molecular weight is 457 g/mol. The molecular weight excluding hydrogens is 416 g/mol. The lowest BCUT2D eigenvalue weighted by Crippen LogP contribution is -2.46. The van der Waals surface area contributed by atoms with Crippen LogP contribution in [0.25, 0.3) is 0 Å². The second-order valence-electron chi connectivity index (χ2n) is 9.12. The summed E-state index contributed by atoms with van der Waals surface area (Å²) in [5.41, 5.74) is 2.31. The second-order valence-corrected chi connectivity index (χ2v) is 10.1. The van der Waals surface area contributed by atoms with E-state index in [-0.39, 0.29) is 24.3 Å². The molecule has 0 fully saturated rings. The molecule has 0 saturated carbocycles. The third-order valence-electron chi connectivity index (χ3n) is 5.84. The second kappa shape index (κ2) is 13.4. The van der Waals surface area contributed by atoms with Crippen molar-refractivity contribution in [1.29, 1.82) is 0 Å². The molecule has 0 unspecified atom stereocenters. The normalized spacial score (nSPS) is 12.1. The molecule has 0 aliphatic rings. The van der Waals surface area contributed by atoms with Gasteiger partial charge < -0.3 is 9.80 Å². The molecule has 5 heteroatoms. The molecule has 1 heterocycles. The van der Waals surface area contributed by atoms with E-state index in [0.29, 0.717) is 25.6 Å². The van der Waals surface area contributed by atoms with Crippen LogP contribution >= 0.6 is 11.3 Å². The van der Waals surface area contributed by atoms with Crippen molar-refractivity contribution in [1.82, 2.24) is 9.80 Å². The van der Waals surface area contributed by atoms with Gasteiger partial charge in [0.15, 0.2) is 0 Å². The maximum absolute atomic E-state index is 13.5. The number of carbonyl (C=O) groups excluding carboxylic acids is 2. The highest BCUT2D eigenvalue weighted by atomic mass is 32.1. The Balaban J connectivity index is 2.21. The zero-order valence-electron chi connectivity index (χ0n) is 20.5. The van der Waals surface area contributed by atoms with Gasteiger partial charge in [0.2, 0.25) is 11.8 Å². The molecule has 32 heavy (non-hydrogen) atoms. The number of hydrogen-bond acceptors (Lipinski definition) is 3. The van der Waals surface area contributed by atoms with Gasteiger partial charge in [-0.05, 0) is 48.3 Å². The first kappa shape index (κ1) is 26.1. The number of unbranched alkanes of at least 4 members (excludes halogenated alkanes) is 1. The van der Waals surface area contributed by atoms with Crippen LogP contribution in [0.1, 0.15) is 69.4 Å². The fourth-order valence-electron chi connectivity index (χ4n) is 3.92. The number of aryl methyl sites for hydroxylation is 1. The van der Waals surface area contributed by atoms with Gasteiger partial charge in [0.25, 0.3) is 0 Å². The van der Waals surface area contributed by atoms with Gasteiger partial charge in [0, 0.05) is 23.9 Å². The lowest BCUT2D eigenvalue weighted by Gasteiger charge is -2.31. The predicted molar refractivity (Wildman–Crippen MR) is 134 cm³/mol. The van der Waals surface area contributed by atoms with Crippen molar-refractivity contribution in [2.24, 2.45) is 11.8 Å². The Morgan fingerprint density at radius 2 is 1.72 bits per heavy atom. The minimum Gasteiger partial charge on any atom is -0.333 e. The molecule has 176 valence electrons. The van der Waals surface area contributed by atoms with Crippen molar-refractivity contribution in [3.8, 4) is 0 Å². The van der Waals surface area contributed by atoms with E-state index in [1.807, 2.05) is 28.0 Å². The van der Waals surface area contributed by atoms with Crippen molar-refractivity contribution in [2.45, 2.75) is 73.4 Å². The summed E-state index contributed by atoms with van der Waals surface area (Å²) in [6, 6.07) is 12.2. The number of hydrogen-bond donors (Lipinski definition) is 0. The van der Waals surface area contributed by atoms with Crippen molar-refractivity contribution >= 4 is 23.2 Å². The smallest absolute Gasteiger partial charge is 0.242 e. The topological polar surface area (TPSA) is 40.6 Å². The maximum Gasteiger partial charge on any atom is 0.242 e. The molecule has 0 aliphatic heterocycles. The molecule has 0 N–H and O–H groups in total. The Bertz CT molecular complexity index is 831. The lowest BCUT2D eigenvalue weighted by atomic mass is 9.97. The quantitative estimate of drug-likeness (QED) is 0.355. The van der Waals surface area contributed by atoms with E-state index in [1.165, 1.54) is 10.4 Å². The molecular formula is C27H40N2O2S. The van der Waals surface area contributed by atoms with Crippen molar-refractivity contribution < 1.29 is 9.59 Å². The molecule has 1 aromatic heterocycles. The van der Waals surface area contributed by atoms with Crippen LogP contribution in [-0.4, -0.2) is 34.7 Å². The Labute approximate surface area is 198 Å². The Morgan fingerprint density at radius 1 is 1.00 bits per heavy atom. The summed E-state index contributed by atoms with van der Waals surface area (Å²) in [5.74, 6) is 0.470. The highest BCUT2D eigenvalue weighted by Gasteiger charge is 2.27. The van der Waals surface area contributed by atoms with Crippen LogP contribution in [-0.2, 0) is 22.7 Å². The fourth-order valence-corrected chi connectivity index (χ4v) is 4.84. The van der Waals surface area contributed by atoms with Gasteiger partial charge in [-0.15, -0.1) is 11.3 Å². The van der Waals surface area contributed by atoms with Crippen molar-refractivity contribution in [3.05, 3.63) is 57.8 Å². The lowest BCUT2D eigenvalue weighted by molar-refractivity contribution is -0.144. The van der Waals surface area contributed by atoms with Crippen LogP contribution in [0.3, 0.4) is 0 Å². The number of nitrogens with zero attached hydrogens (tertiary/aromatic N) is 2. The first-order valence-corrected chi connectivity index (χ1v) is 12.9. The van der Waals surface area contributed by atoms with Gasteiger partial charge in [0.1, 0.15) is 0 Å². The molecule has 2 amide bonds. The van der Waals surface area contributed by atoms with Gasteiger partial charge in [0.05, 0.1) is 13.1 Å². The number of carbonyl (C=O) groups is 2. The molecule has 1 aromatic carbocycles. The standard InChI is InChI=1S/C27H40N2O2S/c1-6-8-14-24(7-2)27(31)29(17-21(3)4)20-26(30)28(18-23-12-10-9-11-13-23)19-25-22(5)15-16-32-25/h9-13,15-16,21,24H,6-8,14,17-20H2,1-5H3/t24-/m1/s1. The number of rotatable bonds is 13. The van der Waals surface area contributed by atoms with E-state index in [0.717, 1.165) is 31.2 Å². The summed E-state index contributed by atoms with van der Waals surface area (Å²) in [4.78, 5) is 31.8. The molecule has 0 radical (unpaired) electrons. The maximum atomic E-state index is 13.5. The number of benzene rings is 1. The van der Waals surface area contributed by atoms with Gasteiger partial charge in [-0.25, -0.2) is 0 Å². The third kappa shape index (κ3) is 8.09. The molecule has 1 atom stereocenters. The third-order valence-corrected chi connectivity index (χ3v) is 6.85. The van der Waals surface area contributed by atoms with E-state index in [9.17, 15) is 9.59 Å². The summed E-state index contributed by atoms with van der Waals surface area (Å²) in [5, 5.41) is 2.07. The Morgan fingerprint density at radius 3 is 2.28 bits per heavy atom. The van der Waals surface area contributed by atoms with Crippen LogP contribution in [0.15, 0.2) is 41.8 Å². The van der Waals surface area contributed by atoms with E-state index < -0.39 is 0 Å². The van der Waals surface area contributed by atoms with Crippen molar-refractivity contribution in [2.75, 3.05) is 13.1 Å². The molecule has 0 saturated heterocycles. The zero-order chi connectivity index (χ0) is 23.5. The fraction of sp³-hybridized carbons (Fsp3) is 0.556. The van der Waals surface area contributed by atoms with Gasteiger partial charge in [-0.3, -0.25) is 9.59 Å². The number of amides is 2. The molecule has 2 aromatic rings. The van der Waals surface area contributed by atoms with E-state index in [1.54, 1.807) is 11.3 Å². The molecule has 0 bridgehead atoms. The minimum atomic E-state index is 0.00335. The van der Waals surface area contributed by atoms with Gasteiger partial charge in [-0.1, -0.05) is 70.9 Å². The molecule has 0 aliphatic carbocycles. The molecule has 4 nitrogen and oxygen atoms in total. The van der Waals surface area contributed by atoms with Gasteiger partial charge >= 0.3 is 0 Å². The van der Waals surface area contributed by atoms with Crippen LogP contribution in [0.2, 0.25) is 0 Å². The van der Waals surface area contributed by atoms with E-state index in [4.69, 9.17) is 0 Å². The first-order valence-electron chi connectivity index (χ1n) is 12.0. The summed E-state index contributed by atoms with van der Waals surface area (Å²) in [7, 11) is 0. The SMILES string of the molecule is CCCC[C@@H](CC)C(=O)N(CC(=O)N(Cc1ccccc1)Cc1sccc1C)CC(C)C. The summed E-state index contributed by atoms with van der Waals surface area (Å²) in [6.45, 7) is 12.4. The molecule has 0 spiro atoms. The van der Waals surface area contributed by atoms with Crippen LogP contribution < -0.4 is 0 Å². The number of thiophene rings is 1. The highest BCUT2D eigenvalue weighted by Crippen LogP contribution is 2.21. The van der Waals surface area contributed by atoms with Crippen LogP contribution in [0.4, 0.5) is 0 Å². The van der Waals surface area contributed by atoms with Crippen molar-refractivity contribution in [3.63, 3.8) is 0 Å². The zero-order valence-corrected chi connectivity index (χ0v) is 21.3. The summed E-state index contributed by atoms with van der Waals surface area (Å²) in [6.07, 6.45) is 3.85. The summed E-state index contributed by atoms with van der Waals surface area (Å²) >= 11 is 1.68. The largest absolute Gasteiger partial charge is 0.333 e. The van der Waals surface area contributed by atoms with E-state index in [2.05, 4.69) is 58.2 Å². The highest BCUT2D eigenvalue weighted by molar-refractivity contribution is 7.10. The Hall–Kier alpha value is -2.14. The minimum absolute atomic E-state index is 0.00335. The monoisotopic (exact) mass is 456 g/mol. The Kier molecular flexibility index (Phi) is 10.9. The molecule has 2 rings (SSSR count). The predicted octanol–water partition coefficient (Wildman–Crippen LogP) is 6.29.